The number of carbonyl (C=O) groups is 1. The third-order valence-corrected chi connectivity index (χ3v) is 5.22. The van der Waals surface area contributed by atoms with E-state index in [-0.39, 0.29) is 5.92 Å². The molecule has 0 unspecified atom stereocenters. The van der Waals surface area contributed by atoms with E-state index in [9.17, 15) is 9.90 Å². The van der Waals surface area contributed by atoms with Crippen LogP contribution in [0, 0.1) is 11.3 Å². The second kappa shape index (κ2) is 5.45. The summed E-state index contributed by atoms with van der Waals surface area (Å²) in [7, 11) is 0. The van der Waals surface area contributed by atoms with E-state index in [1.807, 2.05) is 30.3 Å². The summed E-state index contributed by atoms with van der Waals surface area (Å²) in [5.74, 6) is 0.721. The molecule has 0 spiro atoms. The monoisotopic (exact) mass is 313 g/mol. The van der Waals surface area contributed by atoms with Gasteiger partial charge in [0.25, 0.3) is 5.89 Å². The Morgan fingerprint density at radius 1 is 1.39 bits per heavy atom. The van der Waals surface area contributed by atoms with Crippen LogP contribution in [0.5, 0.6) is 0 Å². The van der Waals surface area contributed by atoms with Gasteiger partial charge in [-0.25, -0.2) is 0 Å². The summed E-state index contributed by atoms with van der Waals surface area (Å²) in [5.41, 5.74) is 0.331. The molecule has 0 bridgehead atoms. The number of fused-ring (bicyclic) bond motifs is 1. The molecule has 2 aromatic rings. The summed E-state index contributed by atoms with van der Waals surface area (Å²) in [4.78, 5) is 18.3. The maximum absolute atomic E-state index is 11.7. The second-order valence-corrected chi connectivity index (χ2v) is 6.60. The van der Waals surface area contributed by atoms with Gasteiger partial charge in [0.2, 0.25) is 0 Å². The lowest BCUT2D eigenvalue weighted by molar-refractivity contribution is -0.149. The number of likely N-dealkylation sites (tertiary alicyclic amines) is 1. The molecule has 4 rings (SSSR count). The summed E-state index contributed by atoms with van der Waals surface area (Å²) in [6.45, 7) is 1.94. The quantitative estimate of drug-likeness (QED) is 0.934. The van der Waals surface area contributed by atoms with Crippen LogP contribution in [-0.4, -0.2) is 39.2 Å². The molecule has 2 atom stereocenters. The van der Waals surface area contributed by atoms with Crippen LogP contribution in [0.2, 0.25) is 0 Å². The topological polar surface area (TPSA) is 79.5 Å². The molecule has 6 heteroatoms. The van der Waals surface area contributed by atoms with Crippen molar-refractivity contribution in [3.05, 3.63) is 36.2 Å². The minimum absolute atomic E-state index is 0.250. The van der Waals surface area contributed by atoms with Crippen LogP contribution in [0.3, 0.4) is 0 Å². The highest BCUT2D eigenvalue weighted by Gasteiger charge is 2.54. The van der Waals surface area contributed by atoms with E-state index in [4.69, 9.17) is 4.52 Å². The van der Waals surface area contributed by atoms with E-state index in [1.54, 1.807) is 0 Å². The van der Waals surface area contributed by atoms with Gasteiger partial charge >= 0.3 is 5.97 Å². The van der Waals surface area contributed by atoms with Crippen molar-refractivity contribution in [3.8, 4) is 11.5 Å². The molecule has 23 heavy (non-hydrogen) atoms. The van der Waals surface area contributed by atoms with Crippen molar-refractivity contribution in [2.75, 3.05) is 13.1 Å². The largest absolute Gasteiger partial charge is 0.481 e. The molecule has 1 aliphatic heterocycles. The predicted octanol–water partition coefficient (Wildman–Crippen LogP) is 2.42. The Hall–Kier alpha value is -2.21. The number of carboxylic acids is 1. The molecule has 1 aliphatic carbocycles. The molecule has 2 aliphatic rings. The number of aliphatic carboxylic acids is 1. The van der Waals surface area contributed by atoms with Crippen LogP contribution >= 0.6 is 0 Å². The van der Waals surface area contributed by atoms with Crippen LogP contribution < -0.4 is 0 Å². The van der Waals surface area contributed by atoms with Gasteiger partial charge in [-0.1, -0.05) is 29.8 Å². The van der Waals surface area contributed by atoms with Gasteiger partial charge in [-0.05, 0) is 30.9 Å². The number of hydrogen-bond acceptors (Lipinski definition) is 5. The average Bonchev–Trinajstić information content (AvgIpc) is 3.22. The van der Waals surface area contributed by atoms with Crippen molar-refractivity contribution in [1.29, 1.82) is 0 Å². The van der Waals surface area contributed by atoms with E-state index in [1.165, 1.54) is 0 Å². The normalized spacial score (nSPS) is 27.2. The first-order chi connectivity index (χ1) is 11.2. The van der Waals surface area contributed by atoms with E-state index in [0.29, 0.717) is 24.8 Å². The second-order valence-electron chi connectivity index (χ2n) is 6.60. The Bertz CT molecular complexity index is 715. The fourth-order valence-electron chi connectivity index (χ4n) is 4.08. The molecule has 2 heterocycles. The van der Waals surface area contributed by atoms with Crippen molar-refractivity contribution in [2.24, 2.45) is 11.3 Å². The molecule has 1 aromatic heterocycles. The molecular formula is C17H19N3O3. The zero-order valence-electron chi connectivity index (χ0n) is 12.8. The highest BCUT2D eigenvalue weighted by Crippen LogP contribution is 2.49. The lowest BCUT2D eigenvalue weighted by atomic mass is 9.81. The van der Waals surface area contributed by atoms with Crippen LogP contribution in [0.4, 0.5) is 0 Å². The maximum Gasteiger partial charge on any atom is 0.311 e. The Balaban J connectivity index is 1.48. The van der Waals surface area contributed by atoms with E-state index < -0.39 is 11.4 Å². The average molecular weight is 313 g/mol. The van der Waals surface area contributed by atoms with Crippen molar-refractivity contribution in [3.63, 3.8) is 0 Å². The third kappa shape index (κ3) is 2.43. The number of hydrogen-bond donors (Lipinski definition) is 1. The standard InChI is InChI=1S/C17H19N3O3/c21-16(22)17-8-4-7-13(17)9-20(11-17)10-14-18-15(23-19-14)12-5-2-1-3-6-12/h1-3,5-6,13H,4,7-11H2,(H,21,22)/t13-,17+/m0/s1. The Labute approximate surface area is 134 Å². The van der Waals surface area contributed by atoms with E-state index in [0.717, 1.165) is 31.4 Å². The maximum atomic E-state index is 11.7. The molecular weight excluding hydrogens is 294 g/mol. The molecule has 0 radical (unpaired) electrons. The van der Waals surface area contributed by atoms with Gasteiger partial charge < -0.3 is 9.63 Å². The summed E-state index contributed by atoms with van der Waals surface area (Å²) in [6.07, 6.45) is 2.81. The number of nitrogens with zero attached hydrogens (tertiary/aromatic N) is 3. The van der Waals surface area contributed by atoms with Gasteiger partial charge in [0.15, 0.2) is 5.82 Å². The lowest BCUT2D eigenvalue weighted by Gasteiger charge is -2.23. The molecule has 6 nitrogen and oxygen atoms in total. The molecule has 1 aromatic carbocycles. The first kappa shape index (κ1) is 14.4. The molecule has 0 amide bonds. The van der Waals surface area contributed by atoms with Gasteiger partial charge in [-0.3, -0.25) is 9.69 Å². The lowest BCUT2D eigenvalue weighted by Crippen LogP contribution is -2.35. The molecule has 1 saturated carbocycles. The number of carboxylic acid groups (broad SMARTS) is 1. The summed E-state index contributed by atoms with van der Waals surface area (Å²) >= 11 is 0. The van der Waals surface area contributed by atoms with Crippen molar-refractivity contribution >= 4 is 5.97 Å². The summed E-state index contributed by atoms with van der Waals surface area (Å²) in [5, 5.41) is 13.7. The van der Waals surface area contributed by atoms with Crippen LogP contribution in [0.25, 0.3) is 11.5 Å². The zero-order valence-corrected chi connectivity index (χ0v) is 12.8. The smallest absolute Gasteiger partial charge is 0.311 e. The first-order valence-corrected chi connectivity index (χ1v) is 8.01. The third-order valence-electron chi connectivity index (χ3n) is 5.22. The number of rotatable bonds is 4. The van der Waals surface area contributed by atoms with Gasteiger partial charge in [0, 0.05) is 18.7 Å². The number of aromatic nitrogens is 2. The predicted molar refractivity (Wildman–Crippen MR) is 82.4 cm³/mol. The van der Waals surface area contributed by atoms with Crippen molar-refractivity contribution < 1.29 is 14.4 Å². The van der Waals surface area contributed by atoms with Crippen LogP contribution in [0.15, 0.2) is 34.9 Å². The van der Waals surface area contributed by atoms with E-state index in [2.05, 4.69) is 15.0 Å². The Kier molecular flexibility index (Phi) is 3.41. The molecule has 2 fully saturated rings. The van der Waals surface area contributed by atoms with Gasteiger partial charge in [0.05, 0.1) is 12.0 Å². The Morgan fingerprint density at radius 2 is 2.22 bits per heavy atom. The summed E-state index contributed by atoms with van der Waals surface area (Å²) < 4.78 is 5.32. The zero-order chi connectivity index (χ0) is 15.9. The van der Waals surface area contributed by atoms with Gasteiger partial charge in [-0.2, -0.15) is 4.98 Å². The molecule has 120 valence electrons. The number of benzene rings is 1. The van der Waals surface area contributed by atoms with Crippen molar-refractivity contribution in [2.45, 2.75) is 25.8 Å². The first-order valence-electron chi connectivity index (χ1n) is 8.01. The Morgan fingerprint density at radius 3 is 2.96 bits per heavy atom. The minimum Gasteiger partial charge on any atom is -0.481 e. The fourth-order valence-corrected chi connectivity index (χ4v) is 4.08. The van der Waals surface area contributed by atoms with E-state index >= 15 is 0 Å². The van der Waals surface area contributed by atoms with Gasteiger partial charge in [-0.15, -0.1) is 0 Å². The van der Waals surface area contributed by atoms with Crippen LogP contribution in [-0.2, 0) is 11.3 Å². The highest BCUT2D eigenvalue weighted by atomic mass is 16.5. The SMILES string of the molecule is O=C(O)[C@@]12CCC[C@H]1CN(Cc1noc(-c3ccccc3)n1)C2. The minimum atomic E-state index is -0.652. The van der Waals surface area contributed by atoms with Gasteiger partial charge in [0.1, 0.15) is 0 Å². The molecule has 1 saturated heterocycles. The summed E-state index contributed by atoms with van der Waals surface area (Å²) in [6, 6.07) is 9.65. The van der Waals surface area contributed by atoms with Crippen LogP contribution in [0.1, 0.15) is 25.1 Å². The fraction of sp³-hybridized carbons (Fsp3) is 0.471. The molecule has 1 N–H and O–H groups in total. The highest BCUT2D eigenvalue weighted by molar-refractivity contribution is 5.76. The van der Waals surface area contributed by atoms with Crippen molar-refractivity contribution in [1.82, 2.24) is 15.0 Å².